The summed E-state index contributed by atoms with van der Waals surface area (Å²) in [7, 11) is 1.56. The minimum Gasteiger partial charge on any atom is -0.372 e. The molecule has 2 N–H and O–H groups in total. The van der Waals surface area contributed by atoms with E-state index in [-0.39, 0.29) is 17.7 Å². The summed E-state index contributed by atoms with van der Waals surface area (Å²) in [5, 5.41) is 13.6. The monoisotopic (exact) mass is 300 g/mol. The molecule has 0 spiro atoms. The zero-order valence-electron chi connectivity index (χ0n) is 12.7. The van der Waals surface area contributed by atoms with E-state index >= 15 is 0 Å². The second-order valence-electron chi connectivity index (χ2n) is 4.62. The number of amides is 1. The third-order valence-corrected chi connectivity index (χ3v) is 3.13. The Hall–Kier alpha value is -2.47. The Kier molecular flexibility index (Phi) is 5.85. The highest BCUT2D eigenvalue weighted by Gasteiger charge is 2.12. The van der Waals surface area contributed by atoms with Crippen LogP contribution in [0.4, 0.5) is 5.82 Å². The molecule has 0 aliphatic rings. The third kappa shape index (κ3) is 4.26. The lowest BCUT2D eigenvalue weighted by Gasteiger charge is -2.18. The quantitative estimate of drug-likeness (QED) is 0.818. The van der Waals surface area contributed by atoms with Crippen molar-refractivity contribution in [2.45, 2.75) is 13.0 Å². The Balaban J connectivity index is 1.99. The standard InChI is InChI=1S/C16H20N4O2/c1-3-22-14(12-7-5-4-6-8-12)11-18-15-10-9-13(19-20-15)16(21)17-2/h4-10,14H,3,11H2,1-2H3,(H,17,21)(H,18,20). The summed E-state index contributed by atoms with van der Waals surface area (Å²) in [6.07, 6.45) is -0.0633. The molecule has 0 fully saturated rings. The van der Waals surface area contributed by atoms with Crippen LogP contribution >= 0.6 is 0 Å². The molecule has 1 aromatic heterocycles. The number of nitrogens with one attached hydrogen (secondary N) is 2. The average Bonchev–Trinajstić information content (AvgIpc) is 2.59. The van der Waals surface area contributed by atoms with Crippen LogP contribution in [0.5, 0.6) is 0 Å². The molecule has 6 heteroatoms. The van der Waals surface area contributed by atoms with Crippen molar-refractivity contribution in [3.8, 4) is 0 Å². The number of rotatable bonds is 7. The van der Waals surface area contributed by atoms with Crippen LogP contribution in [0.15, 0.2) is 42.5 Å². The fourth-order valence-corrected chi connectivity index (χ4v) is 2.01. The summed E-state index contributed by atoms with van der Waals surface area (Å²) < 4.78 is 5.75. The number of hydrogen-bond acceptors (Lipinski definition) is 5. The van der Waals surface area contributed by atoms with E-state index in [0.29, 0.717) is 19.0 Å². The molecule has 1 aromatic carbocycles. The highest BCUT2D eigenvalue weighted by Crippen LogP contribution is 2.17. The van der Waals surface area contributed by atoms with Crippen LogP contribution in [0, 0.1) is 0 Å². The van der Waals surface area contributed by atoms with E-state index < -0.39 is 0 Å². The zero-order valence-corrected chi connectivity index (χ0v) is 12.7. The molecule has 0 saturated heterocycles. The van der Waals surface area contributed by atoms with Gasteiger partial charge in [-0.3, -0.25) is 4.79 Å². The molecule has 1 amide bonds. The molecule has 2 aromatic rings. The minimum atomic E-state index is -0.254. The van der Waals surface area contributed by atoms with Crippen molar-refractivity contribution in [1.82, 2.24) is 15.5 Å². The molecule has 0 radical (unpaired) electrons. The molecule has 0 bridgehead atoms. The van der Waals surface area contributed by atoms with Crippen molar-refractivity contribution in [1.29, 1.82) is 0 Å². The van der Waals surface area contributed by atoms with E-state index in [1.165, 1.54) is 0 Å². The molecule has 6 nitrogen and oxygen atoms in total. The first-order valence-electron chi connectivity index (χ1n) is 7.20. The summed E-state index contributed by atoms with van der Waals surface area (Å²) in [4.78, 5) is 11.4. The second-order valence-corrected chi connectivity index (χ2v) is 4.62. The Bertz CT molecular complexity index is 587. The van der Waals surface area contributed by atoms with Gasteiger partial charge in [0.1, 0.15) is 5.82 Å². The minimum absolute atomic E-state index is 0.0633. The lowest BCUT2D eigenvalue weighted by atomic mass is 10.1. The van der Waals surface area contributed by atoms with E-state index in [1.54, 1.807) is 19.2 Å². The first-order valence-corrected chi connectivity index (χ1v) is 7.20. The number of hydrogen-bond donors (Lipinski definition) is 2. The average molecular weight is 300 g/mol. The van der Waals surface area contributed by atoms with Gasteiger partial charge in [0.25, 0.3) is 5.91 Å². The van der Waals surface area contributed by atoms with E-state index in [0.717, 1.165) is 5.56 Å². The summed E-state index contributed by atoms with van der Waals surface area (Å²) >= 11 is 0. The summed E-state index contributed by atoms with van der Waals surface area (Å²) in [5.41, 5.74) is 1.39. The van der Waals surface area contributed by atoms with Crippen LogP contribution in [0.25, 0.3) is 0 Å². The summed E-state index contributed by atoms with van der Waals surface area (Å²) in [6.45, 7) is 3.17. The molecular weight excluding hydrogens is 280 g/mol. The summed E-state index contributed by atoms with van der Waals surface area (Å²) in [6, 6.07) is 13.4. The van der Waals surface area contributed by atoms with Gasteiger partial charge in [0, 0.05) is 20.2 Å². The fourth-order valence-electron chi connectivity index (χ4n) is 2.01. The smallest absolute Gasteiger partial charge is 0.271 e. The van der Waals surface area contributed by atoms with E-state index in [9.17, 15) is 4.79 Å². The first-order chi connectivity index (χ1) is 10.7. The maximum atomic E-state index is 11.4. The molecule has 0 saturated carbocycles. The van der Waals surface area contributed by atoms with Crippen molar-refractivity contribution in [2.24, 2.45) is 0 Å². The van der Waals surface area contributed by atoms with Gasteiger partial charge in [-0.1, -0.05) is 30.3 Å². The number of aromatic nitrogens is 2. The largest absolute Gasteiger partial charge is 0.372 e. The highest BCUT2D eigenvalue weighted by atomic mass is 16.5. The SMILES string of the molecule is CCOC(CNc1ccc(C(=O)NC)nn1)c1ccccc1. The van der Waals surface area contributed by atoms with Crippen molar-refractivity contribution in [2.75, 3.05) is 25.5 Å². The van der Waals surface area contributed by atoms with E-state index in [1.807, 2.05) is 37.3 Å². The molecular formula is C16H20N4O2. The van der Waals surface area contributed by atoms with Crippen LogP contribution in [0.1, 0.15) is 29.1 Å². The van der Waals surface area contributed by atoms with Gasteiger partial charge >= 0.3 is 0 Å². The van der Waals surface area contributed by atoms with Crippen LogP contribution in [0.3, 0.4) is 0 Å². The van der Waals surface area contributed by atoms with Gasteiger partial charge in [-0.25, -0.2) is 0 Å². The third-order valence-electron chi connectivity index (χ3n) is 3.13. The van der Waals surface area contributed by atoms with Gasteiger partial charge in [0.2, 0.25) is 0 Å². The normalized spacial score (nSPS) is 11.7. The van der Waals surface area contributed by atoms with Crippen LogP contribution in [-0.2, 0) is 4.74 Å². The molecule has 1 atom stereocenters. The van der Waals surface area contributed by atoms with Crippen LogP contribution in [0.2, 0.25) is 0 Å². The van der Waals surface area contributed by atoms with Gasteiger partial charge < -0.3 is 15.4 Å². The van der Waals surface area contributed by atoms with Crippen molar-refractivity contribution in [3.63, 3.8) is 0 Å². The predicted molar refractivity (Wildman–Crippen MR) is 84.7 cm³/mol. The lowest BCUT2D eigenvalue weighted by Crippen LogP contribution is -2.20. The van der Waals surface area contributed by atoms with E-state index in [4.69, 9.17) is 4.74 Å². The van der Waals surface area contributed by atoms with Gasteiger partial charge in [0.05, 0.1) is 6.10 Å². The van der Waals surface area contributed by atoms with Gasteiger partial charge in [0.15, 0.2) is 5.69 Å². The predicted octanol–water partition coefficient (Wildman–Crippen LogP) is 2.03. The maximum Gasteiger partial charge on any atom is 0.271 e. The van der Waals surface area contributed by atoms with Crippen molar-refractivity contribution >= 4 is 11.7 Å². The number of benzene rings is 1. The molecule has 116 valence electrons. The van der Waals surface area contributed by atoms with Crippen LogP contribution in [-0.4, -0.2) is 36.3 Å². The molecule has 0 aliphatic carbocycles. The first kappa shape index (κ1) is 15.9. The Morgan fingerprint density at radius 2 is 1.95 bits per heavy atom. The zero-order chi connectivity index (χ0) is 15.8. The highest BCUT2D eigenvalue weighted by molar-refractivity contribution is 5.91. The number of carbonyl (C=O) groups excluding carboxylic acids is 1. The molecule has 0 aliphatic heterocycles. The Labute approximate surface area is 129 Å². The number of ether oxygens (including phenoxy) is 1. The molecule has 2 rings (SSSR count). The Morgan fingerprint density at radius 1 is 1.18 bits per heavy atom. The van der Waals surface area contributed by atoms with Crippen molar-refractivity contribution < 1.29 is 9.53 Å². The number of nitrogens with zero attached hydrogens (tertiary/aromatic N) is 2. The van der Waals surface area contributed by atoms with Crippen molar-refractivity contribution in [3.05, 3.63) is 53.7 Å². The maximum absolute atomic E-state index is 11.4. The molecule has 1 heterocycles. The van der Waals surface area contributed by atoms with Gasteiger partial charge in [-0.15, -0.1) is 10.2 Å². The van der Waals surface area contributed by atoms with Gasteiger partial charge in [-0.2, -0.15) is 0 Å². The fraction of sp³-hybridized carbons (Fsp3) is 0.312. The summed E-state index contributed by atoms with van der Waals surface area (Å²) in [5.74, 6) is 0.351. The van der Waals surface area contributed by atoms with Gasteiger partial charge in [-0.05, 0) is 24.6 Å². The Morgan fingerprint density at radius 3 is 2.55 bits per heavy atom. The van der Waals surface area contributed by atoms with Crippen LogP contribution < -0.4 is 10.6 Å². The molecule has 22 heavy (non-hydrogen) atoms. The number of anilines is 1. The molecule has 1 unspecified atom stereocenters. The lowest BCUT2D eigenvalue weighted by molar-refractivity contribution is 0.0718. The topological polar surface area (TPSA) is 76.1 Å². The van der Waals surface area contributed by atoms with E-state index in [2.05, 4.69) is 20.8 Å². The number of carbonyl (C=O) groups is 1. The second kappa shape index (κ2) is 8.09.